The summed E-state index contributed by atoms with van der Waals surface area (Å²) in [6.07, 6.45) is 0.605. The summed E-state index contributed by atoms with van der Waals surface area (Å²) in [6, 6.07) is 6.90. The molecule has 0 heterocycles. The molecule has 1 rings (SSSR count). The summed E-state index contributed by atoms with van der Waals surface area (Å²) in [4.78, 5) is 12.0. The molecule has 4 nitrogen and oxygen atoms in total. The van der Waals surface area contributed by atoms with Gasteiger partial charge in [-0.1, -0.05) is 22.0 Å². The second-order valence-corrected chi connectivity index (χ2v) is 8.01. The average molecular weight is 334 g/mol. The molecule has 1 amide bonds. The molecule has 1 aromatic rings. The van der Waals surface area contributed by atoms with Gasteiger partial charge in [0.2, 0.25) is 0 Å². The molecule has 6 heteroatoms. The van der Waals surface area contributed by atoms with Crippen molar-refractivity contribution in [2.45, 2.75) is 31.3 Å². The van der Waals surface area contributed by atoms with Crippen LogP contribution in [0.3, 0.4) is 0 Å². The minimum absolute atomic E-state index is 0.489. The molecule has 100 valence electrons. The number of benzene rings is 1. The molecule has 0 aromatic heterocycles. The van der Waals surface area contributed by atoms with Crippen molar-refractivity contribution in [2.24, 2.45) is 4.36 Å². The maximum Gasteiger partial charge on any atom is 0.442 e. The molecular weight excluding hydrogens is 318 g/mol. The first-order valence-electron chi connectivity index (χ1n) is 5.31. The Morgan fingerprint density at radius 3 is 2.50 bits per heavy atom. The molecule has 0 bridgehead atoms. The predicted molar refractivity (Wildman–Crippen MR) is 75.1 cm³/mol. The van der Waals surface area contributed by atoms with Crippen molar-refractivity contribution in [1.29, 1.82) is 0 Å². The van der Waals surface area contributed by atoms with Crippen LogP contribution >= 0.6 is 15.9 Å². The zero-order valence-electron chi connectivity index (χ0n) is 10.8. The summed E-state index contributed by atoms with van der Waals surface area (Å²) in [6.45, 7) is 5.20. The van der Waals surface area contributed by atoms with Crippen molar-refractivity contribution in [3.05, 3.63) is 28.7 Å². The van der Waals surface area contributed by atoms with Gasteiger partial charge in [-0.25, -0.2) is 9.00 Å². The number of carbonyl (C=O) groups excluding carboxylic acids is 1. The van der Waals surface area contributed by atoms with E-state index in [1.54, 1.807) is 39.0 Å². The fourth-order valence-corrected chi connectivity index (χ4v) is 2.83. The molecule has 1 unspecified atom stereocenters. The molecule has 1 atom stereocenters. The maximum atomic E-state index is 12.3. The van der Waals surface area contributed by atoms with Gasteiger partial charge in [0.15, 0.2) is 0 Å². The van der Waals surface area contributed by atoms with Gasteiger partial charge >= 0.3 is 6.09 Å². The Bertz CT molecular complexity index is 569. The Labute approximate surface area is 116 Å². The summed E-state index contributed by atoms with van der Waals surface area (Å²) in [7, 11) is -2.78. The lowest BCUT2D eigenvalue weighted by Crippen LogP contribution is -2.22. The highest BCUT2D eigenvalue weighted by Crippen LogP contribution is 2.18. The molecule has 0 spiro atoms. The largest absolute Gasteiger partial charge is 0.442 e. The Morgan fingerprint density at radius 2 is 2.00 bits per heavy atom. The number of amides is 1. The molecule has 0 radical (unpaired) electrons. The van der Waals surface area contributed by atoms with E-state index < -0.39 is 21.4 Å². The number of ether oxygens (including phenoxy) is 1. The van der Waals surface area contributed by atoms with E-state index in [1.807, 2.05) is 6.07 Å². The van der Waals surface area contributed by atoms with E-state index in [4.69, 9.17) is 4.74 Å². The van der Waals surface area contributed by atoms with Crippen LogP contribution in [-0.2, 0) is 14.5 Å². The monoisotopic (exact) mass is 333 g/mol. The summed E-state index contributed by atoms with van der Waals surface area (Å²) in [5.74, 6) is 0. The van der Waals surface area contributed by atoms with E-state index in [-0.39, 0.29) is 0 Å². The highest BCUT2D eigenvalue weighted by atomic mass is 79.9. The van der Waals surface area contributed by atoms with Crippen molar-refractivity contribution >= 4 is 31.8 Å². The van der Waals surface area contributed by atoms with Gasteiger partial charge in [-0.2, -0.15) is 0 Å². The lowest BCUT2D eigenvalue weighted by Gasteiger charge is -2.17. The van der Waals surface area contributed by atoms with Gasteiger partial charge in [0.1, 0.15) is 5.60 Å². The molecule has 1 aromatic carbocycles. The van der Waals surface area contributed by atoms with Gasteiger partial charge in [0, 0.05) is 15.6 Å². The second kappa shape index (κ2) is 5.40. The first-order valence-corrected chi connectivity index (χ1v) is 8.02. The van der Waals surface area contributed by atoms with Gasteiger partial charge in [-0.3, -0.25) is 0 Å². The lowest BCUT2D eigenvalue weighted by molar-refractivity contribution is 0.0607. The molecule has 0 aliphatic rings. The molecule has 0 aliphatic heterocycles. The summed E-state index contributed by atoms with van der Waals surface area (Å²) in [5, 5.41) is 0. The van der Waals surface area contributed by atoms with Gasteiger partial charge in [-0.15, -0.1) is 4.36 Å². The SMILES string of the molecule is CC(C)(C)OC(=O)N=S(C)(=O)c1cccc(Br)c1. The van der Waals surface area contributed by atoms with E-state index in [2.05, 4.69) is 20.3 Å². The molecule has 18 heavy (non-hydrogen) atoms. The zero-order chi connectivity index (χ0) is 14.0. The van der Waals surface area contributed by atoms with Crippen molar-refractivity contribution < 1.29 is 13.7 Å². The van der Waals surface area contributed by atoms with Gasteiger partial charge in [-0.05, 0) is 39.0 Å². The van der Waals surface area contributed by atoms with Gasteiger partial charge < -0.3 is 4.74 Å². The Balaban J connectivity index is 3.07. The van der Waals surface area contributed by atoms with Crippen LogP contribution in [0.25, 0.3) is 0 Å². The van der Waals surface area contributed by atoms with Crippen LogP contribution in [0.1, 0.15) is 20.8 Å². The minimum Gasteiger partial charge on any atom is -0.442 e. The number of hydrogen-bond acceptors (Lipinski definition) is 3. The molecule has 0 saturated heterocycles. The van der Waals surface area contributed by atoms with E-state index in [0.717, 1.165) is 4.47 Å². The number of carbonyl (C=O) groups is 1. The van der Waals surface area contributed by atoms with E-state index in [9.17, 15) is 9.00 Å². The Morgan fingerprint density at radius 1 is 1.39 bits per heavy atom. The Hall–Kier alpha value is -0.880. The fourth-order valence-electron chi connectivity index (χ4n) is 1.18. The van der Waals surface area contributed by atoms with Crippen LogP contribution in [0, 0.1) is 0 Å². The van der Waals surface area contributed by atoms with Crippen molar-refractivity contribution in [3.63, 3.8) is 0 Å². The van der Waals surface area contributed by atoms with Crippen LogP contribution < -0.4 is 0 Å². The second-order valence-electron chi connectivity index (χ2n) is 4.83. The summed E-state index contributed by atoms with van der Waals surface area (Å²) >= 11 is 3.29. The lowest BCUT2D eigenvalue weighted by atomic mass is 10.2. The first-order chi connectivity index (χ1) is 8.10. The van der Waals surface area contributed by atoms with Gasteiger partial charge in [0.05, 0.1) is 9.73 Å². The van der Waals surface area contributed by atoms with E-state index in [1.165, 1.54) is 6.26 Å². The van der Waals surface area contributed by atoms with E-state index in [0.29, 0.717) is 4.90 Å². The average Bonchev–Trinajstić information content (AvgIpc) is 2.13. The topological polar surface area (TPSA) is 55.7 Å². The van der Waals surface area contributed by atoms with Gasteiger partial charge in [0.25, 0.3) is 0 Å². The third-order valence-corrected chi connectivity index (χ3v) is 3.99. The quantitative estimate of drug-likeness (QED) is 0.784. The molecule has 0 aliphatic carbocycles. The van der Waals surface area contributed by atoms with Crippen LogP contribution in [0.5, 0.6) is 0 Å². The number of halogens is 1. The highest BCUT2D eigenvalue weighted by molar-refractivity contribution is 9.10. The first kappa shape index (κ1) is 15.2. The Kier molecular flexibility index (Phi) is 4.55. The third kappa shape index (κ3) is 4.78. The van der Waals surface area contributed by atoms with Crippen LogP contribution in [0.15, 0.2) is 38.0 Å². The highest BCUT2D eigenvalue weighted by Gasteiger charge is 2.18. The number of rotatable bonds is 1. The van der Waals surface area contributed by atoms with Crippen molar-refractivity contribution in [3.8, 4) is 0 Å². The minimum atomic E-state index is -2.78. The maximum absolute atomic E-state index is 12.3. The predicted octanol–water partition coefficient (Wildman–Crippen LogP) is 3.84. The standard InChI is InChI=1S/C12H16BrNO3S/c1-12(2,3)17-11(15)14-18(4,16)10-7-5-6-9(13)8-10/h5-8H,1-4H3. The van der Waals surface area contributed by atoms with Crippen LogP contribution in [0.2, 0.25) is 0 Å². The summed E-state index contributed by atoms with van der Waals surface area (Å²) in [5.41, 5.74) is -0.645. The molecule has 0 fully saturated rings. The normalized spacial score (nSPS) is 14.7. The fraction of sp³-hybridized carbons (Fsp3) is 0.417. The third-order valence-electron chi connectivity index (χ3n) is 1.88. The smallest absolute Gasteiger partial charge is 0.442 e. The number of hydrogen-bond donors (Lipinski definition) is 0. The molecule has 0 saturated carbocycles. The molecule has 0 N–H and O–H groups in total. The molecular formula is C12H16BrNO3S. The van der Waals surface area contributed by atoms with Crippen LogP contribution in [-0.4, -0.2) is 22.2 Å². The zero-order valence-corrected chi connectivity index (χ0v) is 13.2. The number of nitrogens with zero attached hydrogens (tertiary/aromatic N) is 1. The summed E-state index contributed by atoms with van der Waals surface area (Å²) < 4.78 is 21.8. The van der Waals surface area contributed by atoms with Crippen molar-refractivity contribution in [2.75, 3.05) is 6.26 Å². The van der Waals surface area contributed by atoms with Crippen molar-refractivity contribution in [1.82, 2.24) is 0 Å². The van der Waals surface area contributed by atoms with Crippen LogP contribution in [0.4, 0.5) is 4.79 Å². The van der Waals surface area contributed by atoms with E-state index >= 15 is 0 Å².